The van der Waals surface area contributed by atoms with E-state index in [1.54, 1.807) is 0 Å². The van der Waals surface area contributed by atoms with E-state index in [0.717, 1.165) is 5.92 Å². The van der Waals surface area contributed by atoms with Crippen molar-refractivity contribution >= 4 is 0 Å². The first kappa shape index (κ1) is 16.0. The third kappa shape index (κ3) is 10.5. The molecular weight excluding hydrogens is 196 g/mol. The lowest BCUT2D eigenvalue weighted by atomic mass is 9.94. The highest BCUT2D eigenvalue weighted by Crippen LogP contribution is 2.18. The summed E-state index contributed by atoms with van der Waals surface area (Å²) in [5.41, 5.74) is 0. The molecule has 0 saturated carbocycles. The Labute approximate surface area is 103 Å². The van der Waals surface area contributed by atoms with Gasteiger partial charge in [0.15, 0.2) is 0 Å². The van der Waals surface area contributed by atoms with Crippen LogP contribution in [-0.4, -0.2) is 11.7 Å². The van der Waals surface area contributed by atoms with E-state index in [0.29, 0.717) is 12.5 Å². The molecule has 0 aromatic carbocycles. The summed E-state index contributed by atoms with van der Waals surface area (Å²) >= 11 is 0. The molecule has 16 heavy (non-hydrogen) atoms. The molecular formula is C15H32O. The fourth-order valence-corrected chi connectivity index (χ4v) is 2.15. The molecule has 0 radical (unpaired) electrons. The average molecular weight is 228 g/mol. The van der Waals surface area contributed by atoms with Crippen LogP contribution >= 0.6 is 0 Å². The molecule has 1 N–H and O–H groups in total. The molecule has 0 aliphatic heterocycles. The lowest BCUT2D eigenvalue weighted by molar-refractivity contribution is 0.225. The molecule has 98 valence electrons. The zero-order chi connectivity index (χ0) is 12.2. The van der Waals surface area contributed by atoms with E-state index in [4.69, 9.17) is 5.11 Å². The lowest BCUT2D eigenvalue weighted by Gasteiger charge is -2.12. The number of hydrogen-bond donors (Lipinski definition) is 1. The van der Waals surface area contributed by atoms with Crippen LogP contribution in [0.2, 0.25) is 0 Å². The summed E-state index contributed by atoms with van der Waals surface area (Å²) in [5.74, 6) is 1.38. The Kier molecular flexibility index (Phi) is 11.4. The van der Waals surface area contributed by atoms with Gasteiger partial charge in [-0.15, -0.1) is 0 Å². The van der Waals surface area contributed by atoms with Gasteiger partial charge in [0.2, 0.25) is 0 Å². The Bertz CT molecular complexity index is 133. The summed E-state index contributed by atoms with van der Waals surface area (Å²) in [7, 11) is 0. The second-order valence-electron chi connectivity index (χ2n) is 5.53. The second kappa shape index (κ2) is 11.4. The first-order chi connectivity index (χ1) is 7.70. The Balaban J connectivity index is 3.21. The molecule has 2 unspecified atom stereocenters. The minimum absolute atomic E-state index is 0.353. The van der Waals surface area contributed by atoms with Crippen LogP contribution in [0.1, 0.15) is 78.6 Å². The molecule has 2 atom stereocenters. The van der Waals surface area contributed by atoms with Crippen molar-refractivity contribution in [3.8, 4) is 0 Å². The molecule has 1 nitrogen and oxygen atoms in total. The standard InChI is InChI=1S/C15H32O/c1-4-5-6-7-8-10-14(2)11-9-12-15(3)13-16/h14-16H,4-13H2,1-3H3. The highest BCUT2D eigenvalue weighted by molar-refractivity contribution is 4.57. The van der Waals surface area contributed by atoms with Crippen molar-refractivity contribution in [3.05, 3.63) is 0 Å². The van der Waals surface area contributed by atoms with E-state index in [1.807, 2.05) is 0 Å². The summed E-state index contributed by atoms with van der Waals surface area (Å²) in [6, 6.07) is 0. The summed E-state index contributed by atoms with van der Waals surface area (Å²) in [6.07, 6.45) is 12.2. The molecule has 0 aliphatic carbocycles. The van der Waals surface area contributed by atoms with Crippen LogP contribution in [0.4, 0.5) is 0 Å². The quantitative estimate of drug-likeness (QED) is 0.504. The summed E-state index contributed by atoms with van der Waals surface area (Å²) in [4.78, 5) is 0. The van der Waals surface area contributed by atoms with Crippen LogP contribution in [0.25, 0.3) is 0 Å². The molecule has 0 aromatic heterocycles. The fraction of sp³-hybridized carbons (Fsp3) is 1.00. The maximum absolute atomic E-state index is 8.92. The van der Waals surface area contributed by atoms with E-state index >= 15 is 0 Å². The van der Waals surface area contributed by atoms with Gasteiger partial charge in [0.25, 0.3) is 0 Å². The normalized spacial score (nSPS) is 15.0. The fourth-order valence-electron chi connectivity index (χ4n) is 2.15. The first-order valence-corrected chi connectivity index (χ1v) is 7.31. The van der Waals surface area contributed by atoms with Crippen LogP contribution in [0.5, 0.6) is 0 Å². The molecule has 1 heteroatoms. The third-order valence-corrected chi connectivity index (χ3v) is 3.51. The van der Waals surface area contributed by atoms with E-state index < -0.39 is 0 Å². The molecule has 0 heterocycles. The minimum atomic E-state index is 0.353. The van der Waals surface area contributed by atoms with Crippen LogP contribution in [-0.2, 0) is 0 Å². The topological polar surface area (TPSA) is 20.2 Å². The Morgan fingerprint density at radius 3 is 1.94 bits per heavy atom. The van der Waals surface area contributed by atoms with Gasteiger partial charge in [0, 0.05) is 6.61 Å². The summed E-state index contributed by atoms with van der Waals surface area (Å²) in [6.45, 7) is 7.13. The van der Waals surface area contributed by atoms with Gasteiger partial charge in [-0.1, -0.05) is 72.1 Å². The van der Waals surface area contributed by atoms with Crippen molar-refractivity contribution in [1.82, 2.24) is 0 Å². The van der Waals surface area contributed by atoms with Crippen molar-refractivity contribution in [1.29, 1.82) is 0 Å². The predicted octanol–water partition coefficient (Wildman–Crippen LogP) is 4.78. The maximum Gasteiger partial charge on any atom is 0.0456 e. The molecule has 0 rings (SSSR count). The lowest BCUT2D eigenvalue weighted by Crippen LogP contribution is -2.02. The van der Waals surface area contributed by atoms with Crippen molar-refractivity contribution in [3.63, 3.8) is 0 Å². The molecule has 0 aliphatic rings. The van der Waals surface area contributed by atoms with Gasteiger partial charge < -0.3 is 5.11 Å². The van der Waals surface area contributed by atoms with E-state index in [1.165, 1.54) is 57.8 Å². The molecule has 0 fully saturated rings. The smallest absolute Gasteiger partial charge is 0.0456 e. The Hall–Kier alpha value is -0.0400. The van der Waals surface area contributed by atoms with E-state index in [2.05, 4.69) is 20.8 Å². The SMILES string of the molecule is CCCCCCCC(C)CCCC(C)CO. The highest BCUT2D eigenvalue weighted by Gasteiger charge is 2.04. The van der Waals surface area contributed by atoms with Gasteiger partial charge in [-0.05, 0) is 18.3 Å². The minimum Gasteiger partial charge on any atom is -0.396 e. The summed E-state index contributed by atoms with van der Waals surface area (Å²) < 4.78 is 0. The number of unbranched alkanes of at least 4 members (excludes halogenated alkanes) is 4. The largest absolute Gasteiger partial charge is 0.396 e. The van der Waals surface area contributed by atoms with Gasteiger partial charge in [0.1, 0.15) is 0 Å². The maximum atomic E-state index is 8.92. The van der Waals surface area contributed by atoms with Crippen molar-refractivity contribution in [2.24, 2.45) is 11.8 Å². The van der Waals surface area contributed by atoms with Gasteiger partial charge in [-0.3, -0.25) is 0 Å². The monoisotopic (exact) mass is 228 g/mol. The number of rotatable bonds is 11. The molecule has 0 aromatic rings. The van der Waals surface area contributed by atoms with Crippen LogP contribution < -0.4 is 0 Å². The third-order valence-electron chi connectivity index (χ3n) is 3.51. The number of aliphatic hydroxyl groups excluding tert-OH is 1. The molecule has 0 spiro atoms. The summed E-state index contributed by atoms with van der Waals surface area (Å²) in [5, 5.41) is 8.92. The number of hydrogen-bond acceptors (Lipinski definition) is 1. The Morgan fingerprint density at radius 1 is 0.750 bits per heavy atom. The van der Waals surface area contributed by atoms with Crippen LogP contribution in [0.15, 0.2) is 0 Å². The van der Waals surface area contributed by atoms with Crippen LogP contribution in [0.3, 0.4) is 0 Å². The predicted molar refractivity (Wildman–Crippen MR) is 72.6 cm³/mol. The van der Waals surface area contributed by atoms with E-state index in [-0.39, 0.29) is 0 Å². The van der Waals surface area contributed by atoms with Gasteiger partial charge >= 0.3 is 0 Å². The zero-order valence-corrected chi connectivity index (χ0v) is 11.7. The van der Waals surface area contributed by atoms with Crippen molar-refractivity contribution < 1.29 is 5.11 Å². The molecule has 0 amide bonds. The molecule has 0 saturated heterocycles. The van der Waals surface area contributed by atoms with Crippen molar-refractivity contribution in [2.45, 2.75) is 78.6 Å². The zero-order valence-electron chi connectivity index (χ0n) is 11.7. The number of aliphatic hydroxyl groups is 1. The van der Waals surface area contributed by atoms with Gasteiger partial charge in [-0.2, -0.15) is 0 Å². The van der Waals surface area contributed by atoms with Crippen molar-refractivity contribution in [2.75, 3.05) is 6.61 Å². The Morgan fingerprint density at radius 2 is 1.31 bits per heavy atom. The van der Waals surface area contributed by atoms with Gasteiger partial charge in [-0.25, -0.2) is 0 Å². The first-order valence-electron chi connectivity index (χ1n) is 7.31. The van der Waals surface area contributed by atoms with Gasteiger partial charge in [0.05, 0.1) is 0 Å². The highest BCUT2D eigenvalue weighted by atomic mass is 16.3. The van der Waals surface area contributed by atoms with Crippen LogP contribution in [0, 0.1) is 11.8 Å². The molecule has 0 bridgehead atoms. The second-order valence-corrected chi connectivity index (χ2v) is 5.53. The average Bonchev–Trinajstić information content (AvgIpc) is 2.28. The van der Waals surface area contributed by atoms with E-state index in [9.17, 15) is 0 Å².